The van der Waals surface area contributed by atoms with Crippen LogP contribution >= 0.6 is 12.4 Å². The van der Waals surface area contributed by atoms with Crippen molar-refractivity contribution in [1.29, 1.82) is 0 Å². The van der Waals surface area contributed by atoms with Gasteiger partial charge in [0.05, 0.1) is 21.1 Å². The van der Waals surface area contributed by atoms with Gasteiger partial charge in [-0.2, -0.15) is 0 Å². The van der Waals surface area contributed by atoms with E-state index >= 15 is 0 Å². The fourth-order valence-electron chi connectivity index (χ4n) is 0.793. The Morgan fingerprint density at radius 1 is 1.50 bits per heavy atom. The summed E-state index contributed by atoms with van der Waals surface area (Å²) >= 11 is 0. The van der Waals surface area contributed by atoms with Gasteiger partial charge in [-0.3, -0.25) is 0 Å². The molecule has 1 unspecified atom stereocenters. The van der Waals surface area contributed by atoms with E-state index in [9.17, 15) is 4.79 Å². The fourth-order valence-corrected chi connectivity index (χ4v) is 0.793. The first-order chi connectivity index (χ1) is 5.69. The highest BCUT2D eigenvalue weighted by molar-refractivity contribution is 5.85. The number of aliphatic hydroxyl groups excluding tert-OH is 1. The van der Waals surface area contributed by atoms with Crippen molar-refractivity contribution in [3.05, 3.63) is 12.7 Å². The van der Waals surface area contributed by atoms with Gasteiger partial charge in [0.1, 0.15) is 12.6 Å². The summed E-state index contributed by atoms with van der Waals surface area (Å²) in [5.74, 6) is -0.981. The normalized spacial score (nSPS) is 11.5. The third kappa shape index (κ3) is 30.1. The minimum absolute atomic E-state index is 0. The zero-order valence-corrected chi connectivity index (χ0v) is 10.0. The third-order valence-electron chi connectivity index (χ3n) is 0.987. The summed E-state index contributed by atoms with van der Waals surface area (Å²) in [6, 6.07) is 0. The molecule has 0 spiro atoms. The number of carboxylic acids is 1. The number of quaternary nitrogens is 1. The molecule has 0 aromatic rings. The van der Waals surface area contributed by atoms with Crippen molar-refractivity contribution in [3.63, 3.8) is 0 Å². The Bertz CT molecular complexity index is 164. The zero-order valence-electron chi connectivity index (χ0n) is 9.23. The first-order valence-electron chi connectivity index (χ1n) is 4.03. The van der Waals surface area contributed by atoms with Crippen molar-refractivity contribution in [1.82, 2.24) is 0 Å². The first kappa shape index (κ1) is 19.1. The number of aliphatic carboxylic acids is 1. The zero-order chi connectivity index (χ0) is 11.1. The van der Waals surface area contributed by atoms with Crippen LogP contribution in [0.4, 0.5) is 0 Å². The van der Waals surface area contributed by atoms with Gasteiger partial charge in [-0.1, -0.05) is 6.58 Å². The van der Waals surface area contributed by atoms with Crippen molar-refractivity contribution in [3.8, 4) is 0 Å². The highest BCUT2D eigenvalue weighted by Gasteiger charge is 2.09. The molecule has 14 heavy (non-hydrogen) atoms. The van der Waals surface area contributed by atoms with Crippen LogP contribution in [0, 0.1) is 0 Å². The molecule has 0 rings (SSSR count). The van der Waals surface area contributed by atoms with Gasteiger partial charge in [-0.05, 0) is 6.92 Å². The Labute approximate surface area is 91.8 Å². The third-order valence-corrected chi connectivity index (χ3v) is 0.987. The maximum Gasteiger partial charge on any atom is 0.327 e. The largest absolute Gasteiger partial charge is 0.478 e. The number of carbonyl (C=O) groups is 1. The number of rotatable bonds is 3. The number of carboxylic acid groups (broad SMARTS) is 1. The lowest BCUT2D eigenvalue weighted by Crippen LogP contribution is -2.40. The van der Waals surface area contributed by atoms with Crippen molar-refractivity contribution in [2.75, 3.05) is 27.7 Å². The minimum Gasteiger partial charge on any atom is -0.478 e. The van der Waals surface area contributed by atoms with E-state index in [0.29, 0.717) is 0 Å². The molecular formula is C9H21ClNO3+. The van der Waals surface area contributed by atoms with Gasteiger partial charge < -0.3 is 14.7 Å². The Kier molecular flexibility index (Phi) is 12.2. The van der Waals surface area contributed by atoms with Crippen LogP contribution in [0.15, 0.2) is 12.7 Å². The number of hydrogen-bond donors (Lipinski definition) is 2. The van der Waals surface area contributed by atoms with E-state index in [1.807, 2.05) is 6.92 Å². The summed E-state index contributed by atoms with van der Waals surface area (Å²) in [6.07, 6.45) is 0.648. The standard InChI is InChI=1S/C6H16NO.C3H4O2.ClH/c1-6(8)5-7(2,3)4;1-2-3(4)5;/h6,8H,5H2,1-4H3;2H,1H2,(H,4,5);1H/q+1;;. The Morgan fingerprint density at radius 2 is 1.79 bits per heavy atom. The SMILES string of the molecule is C=CC(=O)O.CC(O)C[N+](C)(C)C.Cl. The summed E-state index contributed by atoms with van der Waals surface area (Å²) in [6.45, 7) is 5.59. The van der Waals surface area contributed by atoms with Crippen molar-refractivity contribution >= 4 is 18.4 Å². The predicted molar refractivity (Wildman–Crippen MR) is 59.7 cm³/mol. The molecule has 2 N–H and O–H groups in total. The summed E-state index contributed by atoms with van der Waals surface area (Å²) in [5.41, 5.74) is 0. The number of likely N-dealkylation sites (N-methyl/N-ethyl adjacent to an activating group) is 1. The molecule has 0 saturated carbocycles. The van der Waals surface area contributed by atoms with Crippen LogP contribution in [-0.2, 0) is 4.79 Å². The molecule has 4 nitrogen and oxygen atoms in total. The summed E-state index contributed by atoms with van der Waals surface area (Å²) in [5, 5.41) is 16.5. The average molecular weight is 227 g/mol. The molecule has 0 bridgehead atoms. The van der Waals surface area contributed by atoms with Crippen LogP contribution in [0.1, 0.15) is 6.92 Å². The fraction of sp³-hybridized carbons (Fsp3) is 0.667. The number of aliphatic hydroxyl groups is 1. The molecule has 1 atom stereocenters. The van der Waals surface area contributed by atoms with Crippen LogP contribution in [0.25, 0.3) is 0 Å². The van der Waals surface area contributed by atoms with Gasteiger partial charge in [-0.25, -0.2) is 4.79 Å². The second-order valence-electron chi connectivity index (χ2n) is 3.86. The number of hydrogen-bond acceptors (Lipinski definition) is 2. The molecule has 0 aromatic carbocycles. The van der Waals surface area contributed by atoms with E-state index in [1.165, 1.54) is 0 Å². The molecule has 0 aliphatic heterocycles. The van der Waals surface area contributed by atoms with E-state index in [0.717, 1.165) is 17.1 Å². The lowest BCUT2D eigenvalue weighted by Gasteiger charge is -2.24. The molecule has 0 fully saturated rings. The molecule has 0 aromatic heterocycles. The van der Waals surface area contributed by atoms with Crippen molar-refractivity contribution in [2.24, 2.45) is 0 Å². The average Bonchev–Trinajstić information content (AvgIpc) is 1.83. The Hall–Kier alpha value is -0.580. The summed E-state index contributed by atoms with van der Waals surface area (Å²) < 4.78 is 0.831. The Balaban J connectivity index is -0.000000177. The minimum atomic E-state index is -0.981. The van der Waals surface area contributed by atoms with Gasteiger partial charge in [0.15, 0.2) is 0 Å². The van der Waals surface area contributed by atoms with E-state index in [2.05, 4.69) is 27.7 Å². The van der Waals surface area contributed by atoms with Gasteiger partial charge in [-0.15, -0.1) is 12.4 Å². The maximum atomic E-state index is 9.25. The second kappa shape index (κ2) is 8.99. The monoisotopic (exact) mass is 226 g/mol. The van der Waals surface area contributed by atoms with Gasteiger partial charge in [0, 0.05) is 6.08 Å². The van der Waals surface area contributed by atoms with Gasteiger partial charge in [0.2, 0.25) is 0 Å². The van der Waals surface area contributed by atoms with Crippen LogP contribution in [-0.4, -0.2) is 54.5 Å². The van der Waals surface area contributed by atoms with Crippen LogP contribution in [0.3, 0.4) is 0 Å². The van der Waals surface area contributed by atoms with Crippen LogP contribution < -0.4 is 0 Å². The molecule has 5 heteroatoms. The van der Waals surface area contributed by atoms with Crippen LogP contribution in [0.5, 0.6) is 0 Å². The highest BCUT2D eigenvalue weighted by atomic mass is 35.5. The van der Waals surface area contributed by atoms with Crippen LogP contribution in [0.2, 0.25) is 0 Å². The van der Waals surface area contributed by atoms with E-state index in [4.69, 9.17) is 10.2 Å². The molecule has 0 aliphatic carbocycles. The second-order valence-corrected chi connectivity index (χ2v) is 3.86. The summed E-state index contributed by atoms with van der Waals surface area (Å²) in [7, 11) is 6.19. The van der Waals surface area contributed by atoms with Gasteiger partial charge >= 0.3 is 5.97 Å². The molecule has 0 amide bonds. The quantitative estimate of drug-likeness (QED) is 0.552. The number of halogens is 1. The van der Waals surface area contributed by atoms with E-state index in [-0.39, 0.29) is 18.5 Å². The molecule has 0 heterocycles. The molecular weight excluding hydrogens is 206 g/mol. The topological polar surface area (TPSA) is 57.5 Å². The first-order valence-corrected chi connectivity index (χ1v) is 4.03. The lowest BCUT2D eigenvalue weighted by atomic mass is 10.3. The number of nitrogens with zero attached hydrogens (tertiary/aromatic N) is 1. The predicted octanol–water partition coefficient (Wildman–Crippen LogP) is 0.752. The molecule has 86 valence electrons. The van der Waals surface area contributed by atoms with E-state index < -0.39 is 5.97 Å². The molecule has 0 aliphatic rings. The van der Waals surface area contributed by atoms with Gasteiger partial charge in [0.25, 0.3) is 0 Å². The smallest absolute Gasteiger partial charge is 0.327 e. The van der Waals surface area contributed by atoms with E-state index in [1.54, 1.807) is 0 Å². The van der Waals surface area contributed by atoms with Crippen molar-refractivity contribution in [2.45, 2.75) is 13.0 Å². The van der Waals surface area contributed by atoms with Crippen molar-refractivity contribution < 1.29 is 19.5 Å². The Morgan fingerprint density at radius 3 is 1.79 bits per heavy atom. The molecule has 0 radical (unpaired) electrons. The molecule has 0 saturated heterocycles. The maximum absolute atomic E-state index is 9.25. The lowest BCUT2D eigenvalue weighted by molar-refractivity contribution is -0.873. The highest BCUT2D eigenvalue weighted by Crippen LogP contribution is 1.92. The summed E-state index contributed by atoms with van der Waals surface area (Å²) in [4.78, 5) is 9.25.